The number of aromatic nitrogens is 1. The number of rotatable bonds is 7. The first-order valence-electron chi connectivity index (χ1n) is 8.68. The summed E-state index contributed by atoms with van der Waals surface area (Å²) in [5.41, 5.74) is 0.796. The first-order valence-corrected chi connectivity index (χ1v) is 9.06. The SMILES string of the molecule is COC=C(C(=O)OC)N(C)c1cccc(C(C)=NOc2ncc(C(F)(F)F)cc2Cl)c1. The molecule has 2 aromatic rings. The lowest BCUT2D eigenvalue weighted by molar-refractivity contribution is -0.138. The molecule has 1 aromatic heterocycles. The average molecular weight is 458 g/mol. The number of hydrogen-bond acceptors (Lipinski definition) is 7. The van der Waals surface area contributed by atoms with Gasteiger partial charge in [-0.25, -0.2) is 9.78 Å². The lowest BCUT2D eigenvalue weighted by Crippen LogP contribution is -2.24. The van der Waals surface area contributed by atoms with Gasteiger partial charge in [-0.1, -0.05) is 28.9 Å². The quantitative estimate of drug-likeness (QED) is 0.198. The Morgan fingerprint density at radius 2 is 1.97 bits per heavy atom. The summed E-state index contributed by atoms with van der Waals surface area (Å²) < 4.78 is 47.8. The molecule has 166 valence electrons. The molecule has 1 heterocycles. The molecule has 1 aromatic carbocycles. The fourth-order valence-electron chi connectivity index (χ4n) is 2.37. The largest absolute Gasteiger partial charge is 0.502 e. The van der Waals surface area contributed by atoms with Gasteiger partial charge in [-0.2, -0.15) is 13.2 Å². The molecule has 7 nitrogen and oxygen atoms in total. The van der Waals surface area contributed by atoms with Gasteiger partial charge in [-0.3, -0.25) is 0 Å². The average Bonchev–Trinajstić information content (AvgIpc) is 2.74. The van der Waals surface area contributed by atoms with Crippen LogP contribution < -0.4 is 9.74 Å². The summed E-state index contributed by atoms with van der Waals surface area (Å²) in [7, 11) is 4.31. The van der Waals surface area contributed by atoms with E-state index in [4.69, 9.17) is 25.9 Å². The first-order chi connectivity index (χ1) is 14.6. The molecule has 0 amide bonds. The standard InChI is InChI=1S/C20H19ClF3N3O4/c1-12(26-31-18-16(21)9-14(10-25-18)20(22,23)24)13-6-5-7-15(8-13)27(2)17(11-29-3)19(28)30-4/h5-11H,1-4H3. The van der Waals surface area contributed by atoms with Crippen LogP contribution in [-0.4, -0.2) is 37.9 Å². The van der Waals surface area contributed by atoms with E-state index >= 15 is 0 Å². The molecule has 0 saturated heterocycles. The fraction of sp³-hybridized carbons (Fsp3) is 0.250. The Bertz CT molecular complexity index is 1010. The van der Waals surface area contributed by atoms with Gasteiger partial charge in [0, 0.05) is 24.5 Å². The van der Waals surface area contributed by atoms with Crippen molar-refractivity contribution in [2.75, 3.05) is 26.2 Å². The highest BCUT2D eigenvalue weighted by Crippen LogP contribution is 2.33. The van der Waals surface area contributed by atoms with Crippen LogP contribution in [0.25, 0.3) is 0 Å². The predicted molar refractivity (Wildman–Crippen MR) is 109 cm³/mol. The molecule has 0 fully saturated rings. The number of carbonyl (C=O) groups excluding carboxylic acids is 1. The van der Waals surface area contributed by atoms with E-state index in [-0.39, 0.29) is 16.6 Å². The van der Waals surface area contributed by atoms with E-state index in [0.717, 1.165) is 0 Å². The molecule has 31 heavy (non-hydrogen) atoms. The molecule has 0 N–H and O–H groups in total. The van der Waals surface area contributed by atoms with Crippen LogP contribution in [0.5, 0.6) is 5.88 Å². The summed E-state index contributed by atoms with van der Waals surface area (Å²) >= 11 is 5.81. The second-order valence-corrected chi connectivity index (χ2v) is 6.52. The smallest absolute Gasteiger partial charge is 0.417 e. The molecule has 0 aliphatic heterocycles. The Morgan fingerprint density at radius 1 is 1.26 bits per heavy atom. The maximum atomic E-state index is 12.7. The number of ether oxygens (including phenoxy) is 2. The normalized spacial score (nSPS) is 12.4. The third kappa shape index (κ3) is 6.11. The number of halogens is 4. The van der Waals surface area contributed by atoms with E-state index in [9.17, 15) is 18.0 Å². The van der Waals surface area contributed by atoms with Gasteiger partial charge in [-0.05, 0) is 25.1 Å². The second kappa shape index (κ2) is 10.2. The third-order valence-corrected chi connectivity index (χ3v) is 4.31. The summed E-state index contributed by atoms with van der Waals surface area (Å²) in [6, 6.07) is 7.64. The number of carbonyl (C=O) groups is 1. The Balaban J connectivity index is 2.25. The van der Waals surface area contributed by atoms with Gasteiger partial charge in [0.05, 0.1) is 25.5 Å². The molecule has 0 bridgehead atoms. The summed E-state index contributed by atoms with van der Waals surface area (Å²) in [6.07, 6.45) is -2.71. The Labute approximate surface area is 181 Å². The van der Waals surface area contributed by atoms with Crippen LogP contribution in [0.4, 0.5) is 18.9 Å². The van der Waals surface area contributed by atoms with Gasteiger partial charge >= 0.3 is 12.1 Å². The molecule has 0 spiro atoms. The van der Waals surface area contributed by atoms with E-state index in [1.54, 1.807) is 43.1 Å². The molecule has 2 rings (SSSR count). The van der Waals surface area contributed by atoms with Crippen LogP contribution in [0.3, 0.4) is 0 Å². The monoisotopic (exact) mass is 457 g/mol. The van der Waals surface area contributed by atoms with Crippen molar-refractivity contribution < 1.29 is 32.3 Å². The van der Waals surface area contributed by atoms with Crippen molar-refractivity contribution >= 4 is 29.0 Å². The maximum absolute atomic E-state index is 12.7. The van der Waals surface area contributed by atoms with Gasteiger partial charge in [0.25, 0.3) is 5.88 Å². The summed E-state index contributed by atoms with van der Waals surface area (Å²) in [5.74, 6) is -0.857. The number of methoxy groups -OCH3 is 2. The van der Waals surface area contributed by atoms with Gasteiger partial charge in [0.2, 0.25) is 0 Å². The van der Waals surface area contributed by atoms with E-state index in [1.807, 2.05) is 0 Å². The van der Waals surface area contributed by atoms with Crippen LogP contribution in [0.2, 0.25) is 5.02 Å². The van der Waals surface area contributed by atoms with Crippen LogP contribution in [0.15, 0.2) is 53.6 Å². The number of oxime groups is 1. The highest BCUT2D eigenvalue weighted by molar-refractivity contribution is 6.31. The topological polar surface area (TPSA) is 73.2 Å². The molecule has 11 heteroatoms. The number of benzene rings is 1. The summed E-state index contributed by atoms with van der Waals surface area (Å²) in [6.45, 7) is 1.63. The number of esters is 1. The number of alkyl halides is 3. The molecule has 0 radical (unpaired) electrons. The Kier molecular flexibility index (Phi) is 7.87. The van der Waals surface area contributed by atoms with E-state index in [2.05, 4.69) is 10.1 Å². The van der Waals surface area contributed by atoms with Crippen LogP contribution >= 0.6 is 11.6 Å². The van der Waals surface area contributed by atoms with Crippen molar-refractivity contribution in [3.63, 3.8) is 0 Å². The summed E-state index contributed by atoms with van der Waals surface area (Å²) in [4.78, 5) is 22.2. The zero-order chi connectivity index (χ0) is 23.2. The fourth-order valence-corrected chi connectivity index (χ4v) is 2.57. The molecule has 0 saturated carbocycles. The molecule has 0 aliphatic rings. The maximum Gasteiger partial charge on any atom is 0.417 e. The van der Waals surface area contributed by atoms with Crippen molar-refractivity contribution in [3.05, 3.63) is 64.6 Å². The Hall–Kier alpha value is -3.27. The lowest BCUT2D eigenvalue weighted by atomic mass is 10.1. The minimum atomic E-state index is -4.57. The zero-order valence-corrected chi connectivity index (χ0v) is 17.8. The molecule has 0 atom stereocenters. The van der Waals surface area contributed by atoms with Gasteiger partial charge < -0.3 is 19.2 Å². The number of pyridine rings is 1. The highest BCUT2D eigenvalue weighted by Gasteiger charge is 2.31. The summed E-state index contributed by atoms with van der Waals surface area (Å²) in [5, 5.41) is 3.56. The third-order valence-electron chi connectivity index (χ3n) is 4.04. The zero-order valence-electron chi connectivity index (χ0n) is 17.0. The van der Waals surface area contributed by atoms with E-state index in [1.165, 1.54) is 20.5 Å². The second-order valence-electron chi connectivity index (χ2n) is 6.12. The predicted octanol–water partition coefficient (Wildman–Crippen LogP) is 4.65. The van der Waals surface area contributed by atoms with Gasteiger partial charge in [0.1, 0.15) is 11.3 Å². The van der Waals surface area contributed by atoms with Crippen LogP contribution in [0.1, 0.15) is 18.1 Å². The van der Waals surface area contributed by atoms with Crippen molar-refractivity contribution in [1.82, 2.24) is 4.98 Å². The minimum Gasteiger partial charge on any atom is -0.502 e. The van der Waals surface area contributed by atoms with Crippen LogP contribution in [0, 0.1) is 0 Å². The van der Waals surface area contributed by atoms with Crippen molar-refractivity contribution in [1.29, 1.82) is 0 Å². The van der Waals surface area contributed by atoms with Crippen molar-refractivity contribution in [2.45, 2.75) is 13.1 Å². The van der Waals surface area contributed by atoms with E-state index in [0.29, 0.717) is 29.2 Å². The van der Waals surface area contributed by atoms with Crippen molar-refractivity contribution in [2.24, 2.45) is 5.16 Å². The molecule has 0 unspecified atom stereocenters. The van der Waals surface area contributed by atoms with Crippen molar-refractivity contribution in [3.8, 4) is 5.88 Å². The number of anilines is 1. The number of nitrogens with zero attached hydrogens (tertiary/aromatic N) is 3. The first kappa shape index (κ1) is 24.0. The van der Waals surface area contributed by atoms with Gasteiger partial charge in [0.15, 0.2) is 5.70 Å². The van der Waals surface area contributed by atoms with Crippen LogP contribution in [-0.2, 0) is 20.4 Å². The minimum absolute atomic E-state index is 0.161. The number of likely N-dealkylation sites (N-methyl/N-ethyl adjacent to an activating group) is 1. The molecule has 0 aliphatic carbocycles. The number of hydrogen-bond donors (Lipinski definition) is 0. The highest BCUT2D eigenvalue weighted by atomic mass is 35.5. The van der Waals surface area contributed by atoms with E-state index < -0.39 is 17.7 Å². The van der Waals surface area contributed by atoms with Gasteiger partial charge in [-0.15, -0.1) is 0 Å². The molecular weight excluding hydrogens is 439 g/mol. The molecular formula is C20H19ClF3N3O4. The lowest BCUT2D eigenvalue weighted by Gasteiger charge is -2.21. The Morgan fingerprint density at radius 3 is 2.55 bits per heavy atom.